The summed E-state index contributed by atoms with van der Waals surface area (Å²) >= 11 is 0. The molecule has 0 amide bonds. The minimum absolute atomic E-state index is 0. The van der Waals surface area contributed by atoms with Crippen molar-refractivity contribution in [3.63, 3.8) is 0 Å². The van der Waals surface area contributed by atoms with E-state index in [1.165, 1.54) is 6.07 Å². The first kappa shape index (κ1) is 28.5. The first-order chi connectivity index (χ1) is 16.0. The SMILES string of the molecule is CCc1c(F)ccc(-c2ccc(OCc3c[c-]ccc3)cc2)c1OC.O=C(O)C1CCCN1.[K+]. The molecule has 0 aromatic heterocycles. The molecular weight excluding hydrogens is 460 g/mol. The Kier molecular flexibility index (Phi) is 12.2. The monoisotopic (exact) mass is 489 g/mol. The van der Waals surface area contributed by atoms with Gasteiger partial charge in [0.05, 0.1) is 13.7 Å². The number of hydrogen-bond donors (Lipinski definition) is 2. The summed E-state index contributed by atoms with van der Waals surface area (Å²) in [5, 5.41) is 11.2. The molecule has 1 unspecified atom stereocenters. The molecule has 1 aliphatic heterocycles. The van der Waals surface area contributed by atoms with Crippen LogP contribution in [0.15, 0.2) is 60.7 Å². The normalized spacial score (nSPS) is 14.4. The Bertz CT molecular complexity index is 1040. The van der Waals surface area contributed by atoms with E-state index in [2.05, 4.69) is 11.4 Å². The van der Waals surface area contributed by atoms with E-state index < -0.39 is 5.97 Å². The molecule has 0 aliphatic carbocycles. The number of ether oxygens (including phenoxy) is 2. The van der Waals surface area contributed by atoms with Crippen LogP contribution in [-0.4, -0.2) is 30.8 Å². The average molecular weight is 490 g/mol. The van der Waals surface area contributed by atoms with Crippen LogP contribution in [0.2, 0.25) is 0 Å². The zero-order chi connectivity index (χ0) is 23.6. The number of aliphatic carboxylic acids is 1. The maximum absolute atomic E-state index is 14.0. The maximum atomic E-state index is 14.0. The minimum Gasteiger partial charge on any atom is -0.501 e. The smallest absolute Gasteiger partial charge is 0.501 e. The predicted molar refractivity (Wildman–Crippen MR) is 126 cm³/mol. The van der Waals surface area contributed by atoms with Crippen molar-refractivity contribution in [3.8, 4) is 22.6 Å². The molecule has 174 valence electrons. The van der Waals surface area contributed by atoms with Crippen LogP contribution >= 0.6 is 0 Å². The second-order valence-electron chi connectivity index (χ2n) is 7.67. The van der Waals surface area contributed by atoms with Crippen molar-refractivity contribution in [2.75, 3.05) is 13.7 Å². The third-order valence-corrected chi connectivity index (χ3v) is 5.46. The minimum atomic E-state index is -0.720. The summed E-state index contributed by atoms with van der Waals surface area (Å²) in [7, 11) is 1.58. The number of carboxylic acids is 1. The molecule has 0 bridgehead atoms. The summed E-state index contributed by atoms with van der Waals surface area (Å²) in [6.07, 6.45) is 2.37. The first-order valence-corrected chi connectivity index (χ1v) is 11.0. The summed E-state index contributed by atoms with van der Waals surface area (Å²) < 4.78 is 25.2. The van der Waals surface area contributed by atoms with Crippen LogP contribution in [0.25, 0.3) is 11.1 Å². The van der Waals surface area contributed by atoms with Crippen molar-refractivity contribution in [2.24, 2.45) is 0 Å². The van der Waals surface area contributed by atoms with Gasteiger partial charge >= 0.3 is 57.4 Å². The van der Waals surface area contributed by atoms with Crippen LogP contribution in [0.3, 0.4) is 0 Å². The molecule has 34 heavy (non-hydrogen) atoms. The van der Waals surface area contributed by atoms with E-state index >= 15 is 0 Å². The largest absolute Gasteiger partial charge is 1.00 e. The molecule has 7 heteroatoms. The van der Waals surface area contributed by atoms with E-state index in [0.29, 0.717) is 24.3 Å². The van der Waals surface area contributed by atoms with E-state index in [0.717, 1.165) is 41.8 Å². The maximum Gasteiger partial charge on any atom is 1.00 e. The van der Waals surface area contributed by atoms with E-state index in [-0.39, 0.29) is 63.2 Å². The molecule has 3 aromatic rings. The van der Waals surface area contributed by atoms with Crippen molar-refractivity contribution in [2.45, 2.75) is 38.8 Å². The second kappa shape index (κ2) is 14.6. The van der Waals surface area contributed by atoms with Crippen molar-refractivity contribution in [1.29, 1.82) is 0 Å². The summed E-state index contributed by atoms with van der Waals surface area (Å²) in [4.78, 5) is 10.1. The molecule has 2 N–H and O–H groups in total. The molecule has 3 aromatic carbocycles. The molecular formula is C27H29FKNO4. The standard InChI is InChI=1S/C22H20FO2.C5H9NO2.K/c1-3-19-21(23)14-13-20(22(19)24-2)17-9-11-18(12-10-17)25-15-16-7-5-4-6-8-16;7-5(8)4-2-1-3-6-4;/h4-5,7-14H,3,15H2,1-2H3;4,6H,1-3H2,(H,7,8);/q-1;;+1. The Morgan fingerprint density at radius 3 is 2.50 bits per heavy atom. The predicted octanol–water partition coefficient (Wildman–Crippen LogP) is 2.27. The number of rotatable bonds is 7. The van der Waals surface area contributed by atoms with Crippen LogP contribution in [0, 0.1) is 11.9 Å². The zero-order valence-electron chi connectivity index (χ0n) is 19.9. The van der Waals surface area contributed by atoms with Gasteiger partial charge in [-0.2, -0.15) is 30.3 Å². The van der Waals surface area contributed by atoms with Gasteiger partial charge in [-0.15, -0.1) is 5.56 Å². The van der Waals surface area contributed by atoms with Gasteiger partial charge in [-0.1, -0.05) is 19.1 Å². The van der Waals surface area contributed by atoms with E-state index in [4.69, 9.17) is 14.6 Å². The van der Waals surface area contributed by atoms with Crippen LogP contribution < -0.4 is 66.2 Å². The Balaban J connectivity index is 0.000000386. The summed E-state index contributed by atoms with van der Waals surface area (Å²) in [6.45, 7) is 3.27. The molecule has 1 saturated heterocycles. The van der Waals surface area contributed by atoms with Crippen molar-refractivity contribution in [3.05, 3.63) is 83.7 Å². The van der Waals surface area contributed by atoms with Crippen LogP contribution in [0.5, 0.6) is 11.5 Å². The van der Waals surface area contributed by atoms with E-state index in [9.17, 15) is 9.18 Å². The number of nitrogens with one attached hydrogen (secondary N) is 1. The van der Waals surface area contributed by atoms with Gasteiger partial charge < -0.3 is 19.9 Å². The number of benzene rings is 3. The molecule has 1 fully saturated rings. The average Bonchev–Trinajstić information content (AvgIpc) is 3.39. The van der Waals surface area contributed by atoms with Gasteiger partial charge in [-0.25, -0.2) is 4.39 Å². The molecule has 4 rings (SSSR count). The van der Waals surface area contributed by atoms with E-state index in [1.54, 1.807) is 13.2 Å². The summed E-state index contributed by atoms with van der Waals surface area (Å²) in [5.41, 5.74) is 3.51. The fraction of sp³-hybridized carbons (Fsp3) is 0.296. The molecule has 0 radical (unpaired) electrons. The quantitative estimate of drug-likeness (QED) is 0.394. The topological polar surface area (TPSA) is 67.8 Å². The number of carboxylic acid groups (broad SMARTS) is 1. The number of carbonyl (C=O) groups is 1. The molecule has 5 nitrogen and oxygen atoms in total. The van der Waals surface area contributed by atoms with Crippen molar-refractivity contribution >= 4 is 5.97 Å². The van der Waals surface area contributed by atoms with Gasteiger partial charge in [0, 0.05) is 11.1 Å². The number of halogens is 1. The Hall–Kier alpha value is -1.74. The Morgan fingerprint density at radius 1 is 1.21 bits per heavy atom. The van der Waals surface area contributed by atoms with Crippen LogP contribution in [0.1, 0.15) is 30.9 Å². The summed E-state index contributed by atoms with van der Waals surface area (Å²) in [5.74, 6) is 0.422. The zero-order valence-corrected chi connectivity index (χ0v) is 23.1. The number of hydrogen-bond acceptors (Lipinski definition) is 4. The fourth-order valence-corrected chi connectivity index (χ4v) is 3.71. The molecule has 0 spiro atoms. The van der Waals surface area contributed by atoms with E-state index in [1.807, 2.05) is 55.5 Å². The molecule has 1 atom stereocenters. The molecule has 1 aliphatic rings. The van der Waals surface area contributed by atoms with Gasteiger partial charge in [-0.05, 0) is 55.6 Å². The summed E-state index contributed by atoms with van der Waals surface area (Å²) in [6, 6.07) is 21.5. The fourth-order valence-electron chi connectivity index (χ4n) is 3.71. The van der Waals surface area contributed by atoms with Crippen LogP contribution in [-0.2, 0) is 17.8 Å². The van der Waals surface area contributed by atoms with Crippen molar-refractivity contribution < 1.29 is 75.1 Å². The van der Waals surface area contributed by atoms with Gasteiger partial charge in [0.1, 0.15) is 23.4 Å². The Morgan fingerprint density at radius 2 is 1.97 bits per heavy atom. The van der Waals surface area contributed by atoms with Gasteiger partial charge in [-0.3, -0.25) is 4.79 Å². The number of methoxy groups -OCH3 is 1. The van der Waals surface area contributed by atoms with Gasteiger partial charge in [0.25, 0.3) is 0 Å². The van der Waals surface area contributed by atoms with Gasteiger partial charge in [0.15, 0.2) is 0 Å². The van der Waals surface area contributed by atoms with Crippen molar-refractivity contribution in [1.82, 2.24) is 5.32 Å². The second-order valence-corrected chi connectivity index (χ2v) is 7.67. The van der Waals surface area contributed by atoms with Gasteiger partial charge in [0.2, 0.25) is 0 Å². The first-order valence-electron chi connectivity index (χ1n) is 11.0. The Labute approximate surface area is 243 Å². The van der Waals surface area contributed by atoms with Crippen LogP contribution in [0.4, 0.5) is 4.39 Å². The molecule has 0 saturated carbocycles. The third kappa shape index (κ3) is 7.90. The third-order valence-electron chi connectivity index (χ3n) is 5.46. The molecule has 1 heterocycles.